The number of imidazole rings is 1. The minimum absolute atomic E-state index is 0.119. The molecule has 0 saturated heterocycles. The molecule has 0 bridgehead atoms. The summed E-state index contributed by atoms with van der Waals surface area (Å²) in [4.78, 5) is 24.7. The number of anilines is 1. The van der Waals surface area contributed by atoms with Crippen molar-refractivity contribution >= 4 is 39.5 Å². The quantitative estimate of drug-likeness (QED) is 0.553. The number of rotatable bonds is 7. The third-order valence-corrected chi connectivity index (χ3v) is 4.89. The van der Waals surface area contributed by atoms with Crippen molar-refractivity contribution in [2.24, 2.45) is 0 Å². The molecule has 0 aliphatic heterocycles. The first-order chi connectivity index (χ1) is 13.1. The summed E-state index contributed by atoms with van der Waals surface area (Å²) in [5.74, 6) is 0.607. The Labute approximate surface area is 168 Å². The minimum Gasteiger partial charge on any atom is -0.481 e. The van der Waals surface area contributed by atoms with Crippen LogP contribution in [0.25, 0.3) is 5.69 Å². The lowest BCUT2D eigenvalue weighted by atomic mass is 10.3. The van der Waals surface area contributed by atoms with Crippen LogP contribution in [0.4, 0.5) is 5.95 Å². The van der Waals surface area contributed by atoms with E-state index in [-0.39, 0.29) is 17.6 Å². The second kappa shape index (κ2) is 8.87. The van der Waals surface area contributed by atoms with Gasteiger partial charge >= 0.3 is 0 Å². The number of hydrogen-bond donors (Lipinski definition) is 1. The summed E-state index contributed by atoms with van der Waals surface area (Å²) in [7, 11) is 2.95. The molecular formula is C17H16BrN5O3S. The van der Waals surface area contributed by atoms with Gasteiger partial charge in [0.1, 0.15) is 0 Å². The number of amides is 1. The Bertz CT molecular complexity index is 910. The minimum atomic E-state index is -0.263. The molecule has 0 radical (unpaired) electrons. The molecule has 3 aromatic rings. The van der Waals surface area contributed by atoms with Gasteiger partial charge in [0.25, 0.3) is 0 Å². The highest BCUT2D eigenvalue weighted by atomic mass is 79.9. The van der Waals surface area contributed by atoms with E-state index >= 15 is 0 Å². The first-order valence-corrected chi connectivity index (χ1v) is 9.56. The summed E-state index contributed by atoms with van der Waals surface area (Å²) in [6.07, 6.45) is 3.54. The SMILES string of the molecule is COc1cc(OC)nc(NC(=O)CSc2nccn2-c2ccc(Br)cc2)n1. The van der Waals surface area contributed by atoms with Crippen LogP contribution >= 0.6 is 27.7 Å². The van der Waals surface area contributed by atoms with Crippen molar-refractivity contribution < 1.29 is 14.3 Å². The van der Waals surface area contributed by atoms with Gasteiger partial charge in [-0.1, -0.05) is 27.7 Å². The van der Waals surface area contributed by atoms with Crippen molar-refractivity contribution in [1.29, 1.82) is 0 Å². The number of carbonyl (C=O) groups excluding carboxylic acids is 1. The van der Waals surface area contributed by atoms with Crippen molar-refractivity contribution in [2.45, 2.75) is 5.16 Å². The molecule has 8 nitrogen and oxygen atoms in total. The largest absolute Gasteiger partial charge is 0.481 e. The number of thioether (sulfide) groups is 1. The molecule has 0 aliphatic carbocycles. The topological polar surface area (TPSA) is 91.2 Å². The van der Waals surface area contributed by atoms with E-state index in [4.69, 9.17) is 9.47 Å². The number of methoxy groups -OCH3 is 2. The van der Waals surface area contributed by atoms with Crippen LogP contribution in [0.3, 0.4) is 0 Å². The molecule has 1 amide bonds. The summed E-state index contributed by atoms with van der Waals surface area (Å²) < 4.78 is 13.0. The van der Waals surface area contributed by atoms with Gasteiger partial charge in [-0.3, -0.25) is 14.7 Å². The summed E-state index contributed by atoms with van der Waals surface area (Å²) >= 11 is 4.73. The van der Waals surface area contributed by atoms with Crippen molar-refractivity contribution in [1.82, 2.24) is 19.5 Å². The van der Waals surface area contributed by atoms with Gasteiger partial charge in [-0.05, 0) is 24.3 Å². The zero-order chi connectivity index (χ0) is 19.2. The van der Waals surface area contributed by atoms with Gasteiger partial charge in [0.2, 0.25) is 23.6 Å². The molecule has 2 aromatic heterocycles. The third kappa shape index (κ3) is 4.98. The zero-order valence-electron chi connectivity index (χ0n) is 14.5. The molecule has 0 unspecified atom stereocenters. The highest BCUT2D eigenvalue weighted by Gasteiger charge is 2.12. The van der Waals surface area contributed by atoms with Gasteiger partial charge in [0.05, 0.1) is 26.0 Å². The number of aromatic nitrogens is 4. The standard InChI is InChI=1S/C17H16BrN5O3S/c1-25-14-9-15(26-2)22-16(21-14)20-13(24)10-27-17-19-7-8-23(17)12-5-3-11(18)4-6-12/h3-9H,10H2,1-2H3,(H,20,21,22,24). The monoisotopic (exact) mass is 449 g/mol. The van der Waals surface area contributed by atoms with Crippen LogP contribution in [0.15, 0.2) is 52.4 Å². The normalized spacial score (nSPS) is 10.5. The average Bonchev–Trinajstić information content (AvgIpc) is 3.15. The Morgan fingerprint density at radius 2 is 1.85 bits per heavy atom. The number of halogens is 1. The smallest absolute Gasteiger partial charge is 0.237 e. The Morgan fingerprint density at radius 3 is 2.48 bits per heavy atom. The van der Waals surface area contributed by atoms with Crippen molar-refractivity contribution in [3.8, 4) is 17.4 Å². The lowest BCUT2D eigenvalue weighted by Crippen LogP contribution is -2.17. The van der Waals surface area contributed by atoms with Gasteiger partial charge in [-0.15, -0.1) is 0 Å². The fourth-order valence-electron chi connectivity index (χ4n) is 2.15. The first-order valence-electron chi connectivity index (χ1n) is 7.78. The molecule has 140 valence electrons. The van der Waals surface area contributed by atoms with Gasteiger partial charge in [-0.25, -0.2) is 4.98 Å². The highest BCUT2D eigenvalue weighted by Crippen LogP contribution is 2.22. The van der Waals surface area contributed by atoms with Crippen molar-refractivity contribution in [3.05, 3.63) is 47.2 Å². The number of benzene rings is 1. The Morgan fingerprint density at radius 1 is 1.19 bits per heavy atom. The van der Waals surface area contributed by atoms with Gasteiger partial charge in [-0.2, -0.15) is 9.97 Å². The molecule has 10 heteroatoms. The first kappa shape index (κ1) is 19.2. The summed E-state index contributed by atoms with van der Waals surface area (Å²) in [5.41, 5.74) is 0.958. The average molecular weight is 450 g/mol. The van der Waals surface area contributed by atoms with E-state index in [1.54, 1.807) is 6.20 Å². The molecule has 0 fully saturated rings. The lowest BCUT2D eigenvalue weighted by molar-refractivity contribution is -0.113. The van der Waals surface area contributed by atoms with Crippen molar-refractivity contribution in [3.63, 3.8) is 0 Å². The molecule has 1 N–H and O–H groups in total. The second-order valence-electron chi connectivity index (χ2n) is 5.17. The van der Waals surface area contributed by atoms with Crippen LogP contribution in [-0.2, 0) is 4.79 Å². The molecular weight excluding hydrogens is 434 g/mol. The third-order valence-electron chi connectivity index (χ3n) is 3.39. The van der Waals surface area contributed by atoms with E-state index in [0.717, 1.165) is 10.2 Å². The van der Waals surface area contributed by atoms with Crippen LogP contribution in [0.5, 0.6) is 11.8 Å². The van der Waals surface area contributed by atoms with E-state index in [1.807, 2.05) is 35.0 Å². The molecule has 0 aliphatic rings. The fourth-order valence-corrected chi connectivity index (χ4v) is 3.19. The molecule has 0 saturated carbocycles. The second-order valence-corrected chi connectivity index (χ2v) is 7.03. The highest BCUT2D eigenvalue weighted by molar-refractivity contribution is 9.10. The lowest BCUT2D eigenvalue weighted by Gasteiger charge is -2.09. The Balaban J connectivity index is 1.65. The van der Waals surface area contributed by atoms with Crippen LogP contribution in [0.1, 0.15) is 0 Å². The Kier molecular flexibility index (Phi) is 6.30. The number of hydrogen-bond acceptors (Lipinski definition) is 7. The molecule has 1 aromatic carbocycles. The zero-order valence-corrected chi connectivity index (χ0v) is 17.0. The summed E-state index contributed by atoms with van der Waals surface area (Å²) in [6.45, 7) is 0. The van der Waals surface area contributed by atoms with Crippen LogP contribution in [0.2, 0.25) is 0 Å². The maximum absolute atomic E-state index is 12.3. The fraction of sp³-hybridized carbons (Fsp3) is 0.176. The van der Waals surface area contributed by atoms with E-state index < -0.39 is 0 Å². The Hall–Kier alpha value is -2.59. The summed E-state index contributed by atoms with van der Waals surface area (Å²) in [5, 5.41) is 3.34. The maximum atomic E-state index is 12.3. The molecule has 27 heavy (non-hydrogen) atoms. The number of carbonyl (C=O) groups is 1. The van der Waals surface area contributed by atoms with E-state index in [2.05, 4.69) is 36.2 Å². The number of nitrogens with one attached hydrogen (secondary N) is 1. The van der Waals surface area contributed by atoms with Crippen molar-refractivity contribution in [2.75, 3.05) is 25.3 Å². The van der Waals surface area contributed by atoms with Gasteiger partial charge < -0.3 is 9.47 Å². The molecule has 0 spiro atoms. The molecule has 2 heterocycles. The number of nitrogens with zero attached hydrogens (tertiary/aromatic N) is 4. The van der Waals surface area contributed by atoms with E-state index in [1.165, 1.54) is 32.0 Å². The van der Waals surface area contributed by atoms with Gasteiger partial charge in [0.15, 0.2) is 5.16 Å². The maximum Gasteiger partial charge on any atom is 0.237 e. The van der Waals surface area contributed by atoms with Crippen LogP contribution < -0.4 is 14.8 Å². The number of ether oxygens (including phenoxy) is 2. The molecule has 0 atom stereocenters. The predicted octanol–water partition coefficient (Wildman–Crippen LogP) is 3.17. The predicted molar refractivity (Wildman–Crippen MR) is 106 cm³/mol. The van der Waals surface area contributed by atoms with E-state index in [9.17, 15) is 4.79 Å². The van der Waals surface area contributed by atoms with Gasteiger partial charge in [0, 0.05) is 22.6 Å². The van der Waals surface area contributed by atoms with E-state index in [0.29, 0.717) is 16.9 Å². The van der Waals surface area contributed by atoms with Crippen LogP contribution in [0, 0.1) is 0 Å². The van der Waals surface area contributed by atoms with Crippen LogP contribution in [-0.4, -0.2) is 45.4 Å². The molecule has 3 rings (SSSR count). The summed E-state index contributed by atoms with van der Waals surface area (Å²) in [6, 6.07) is 9.35.